The van der Waals surface area contributed by atoms with Gasteiger partial charge in [-0.2, -0.15) is 0 Å². The van der Waals surface area contributed by atoms with Crippen molar-refractivity contribution in [3.8, 4) is 11.5 Å². The number of ketones is 1. The van der Waals surface area contributed by atoms with Crippen molar-refractivity contribution in [3.63, 3.8) is 0 Å². The largest absolute Gasteiger partial charge is 0.573 e. The lowest BCUT2D eigenvalue weighted by atomic mass is 9.90. The van der Waals surface area contributed by atoms with E-state index in [1.807, 2.05) is 26.8 Å². The van der Waals surface area contributed by atoms with Crippen LogP contribution in [0.2, 0.25) is 0 Å². The molecule has 0 aromatic heterocycles. The second-order valence-electron chi connectivity index (χ2n) is 9.69. The molecule has 1 N–H and O–H groups in total. The Labute approximate surface area is 224 Å². The molecular formula is C30H28F3NO5. The molecule has 0 radical (unpaired) electrons. The van der Waals surface area contributed by atoms with Crippen molar-refractivity contribution in [1.82, 2.24) is 0 Å². The molecule has 0 saturated carbocycles. The van der Waals surface area contributed by atoms with Crippen molar-refractivity contribution in [2.24, 2.45) is 0 Å². The van der Waals surface area contributed by atoms with Gasteiger partial charge in [0.2, 0.25) is 0 Å². The van der Waals surface area contributed by atoms with E-state index in [1.165, 1.54) is 17.0 Å². The second kappa shape index (κ2) is 10.5. The van der Waals surface area contributed by atoms with Crippen LogP contribution in [0, 0.1) is 13.8 Å². The van der Waals surface area contributed by atoms with Crippen molar-refractivity contribution in [2.45, 2.75) is 46.0 Å². The molecule has 1 aliphatic heterocycles. The van der Waals surface area contributed by atoms with Crippen LogP contribution in [-0.2, 0) is 9.59 Å². The number of amides is 1. The van der Waals surface area contributed by atoms with E-state index < -0.39 is 29.8 Å². The summed E-state index contributed by atoms with van der Waals surface area (Å²) in [6.45, 7) is 7.55. The number of aliphatic hydroxyl groups excluding tert-OH is 1. The van der Waals surface area contributed by atoms with Gasteiger partial charge in [0.05, 0.1) is 18.7 Å². The van der Waals surface area contributed by atoms with Gasteiger partial charge in [-0.05, 0) is 72.9 Å². The third kappa shape index (κ3) is 5.48. The lowest BCUT2D eigenvalue weighted by Gasteiger charge is -2.26. The van der Waals surface area contributed by atoms with Gasteiger partial charge < -0.3 is 14.6 Å². The molecule has 9 heteroatoms. The maximum Gasteiger partial charge on any atom is 0.573 e. The number of nitrogens with zero attached hydrogens (tertiary/aromatic N) is 1. The summed E-state index contributed by atoms with van der Waals surface area (Å²) in [4.78, 5) is 28.1. The average molecular weight is 540 g/mol. The molecule has 6 nitrogen and oxygen atoms in total. The number of halogens is 3. The molecule has 1 saturated heterocycles. The number of carbonyl (C=O) groups excluding carboxylic acids is 2. The van der Waals surface area contributed by atoms with Crippen LogP contribution in [0.5, 0.6) is 11.5 Å². The van der Waals surface area contributed by atoms with Crippen LogP contribution in [0.4, 0.5) is 18.9 Å². The number of alkyl halides is 3. The summed E-state index contributed by atoms with van der Waals surface area (Å²) < 4.78 is 47.4. The normalized spacial score (nSPS) is 17.2. The van der Waals surface area contributed by atoms with Crippen LogP contribution in [0.3, 0.4) is 0 Å². The van der Waals surface area contributed by atoms with Gasteiger partial charge in [-0.1, -0.05) is 43.7 Å². The van der Waals surface area contributed by atoms with Crippen LogP contribution >= 0.6 is 0 Å². The van der Waals surface area contributed by atoms with Crippen molar-refractivity contribution in [1.29, 1.82) is 0 Å². The molecule has 1 aliphatic rings. The van der Waals surface area contributed by atoms with Gasteiger partial charge in [0.25, 0.3) is 11.7 Å². The number of methoxy groups -OCH3 is 1. The van der Waals surface area contributed by atoms with Gasteiger partial charge in [-0.3, -0.25) is 14.5 Å². The highest BCUT2D eigenvalue weighted by Crippen LogP contribution is 2.44. The van der Waals surface area contributed by atoms with Crippen LogP contribution in [-0.4, -0.2) is 30.3 Å². The summed E-state index contributed by atoms with van der Waals surface area (Å²) in [7, 11) is 1.55. The van der Waals surface area contributed by atoms with Crippen LogP contribution in [0.1, 0.15) is 53.6 Å². The summed E-state index contributed by atoms with van der Waals surface area (Å²) in [6, 6.07) is 14.3. The van der Waals surface area contributed by atoms with Crippen molar-refractivity contribution < 1.29 is 37.3 Å². The van der Waals surface area contributed by atoms with E-state index >= 15 is 0 Å². The minimum absolute atomic E-state index is 0.0412. The number of anilines is 1. The number of carbonyl (C=O) groups is 2. The molecule has 3 aromatic rings. The Morgan fingerprint density at radius 3 is 2.23 bits per heavy atom. The van der Waals surface area contributed by atoms with Gasteiger partial charge in [0.1, 0.15) is 17.3 Å². The van der Waals surface area contributed by atoms with Crippen molar-refractivity contribution in [3.05, 3.63) is 94.1 Å². The lowest BCUT2D eigenvalue weighted by molar-refractivity contribution is -0.274. The fraction of sp³-hybridized carbons (Fsp3) is 0.267. The highest BCUT2D eigenvalue weighted by Gasteiger charge is 2.47. The molecule has 0 spiro atoms. The third-order valence-electron chi connectivity index (χ3n) is 6.60. The zero-order chi connectivity index (χ0) is 28.6. The number of aliphatic hydroxyl groups is 1. The van der Waals surface area contributed by atoms with E-state index in [0.29, 0.717) is 22.4 Å². The monoisotopic (exact) mass is 539 g/mol. The molecule has 0 bridgehead atoms. The average Bonchev–Trinajstić information content (AvgIpc) is 3.13. The van der Waals surface area contributed by atoms with E-state index in [2.05, 4.69) is 4.74 Å². The van der Waals surface area contributed by atoms with Gasteiger partial charge in [-0.25, -0.2) is 0 Å². The first-order chi connectivity index (χ1) is 18.3. The number of hydrogen-bond acceptors (Lipinski definition) is 5. The Balaban J connectivity index is 1.92. The molecular weight excluding hydrogens is 511 g/mol. The molecule has 204 valence electrons. The van der Waals surface area contributed by atoms with Crippen LogP contribution in [0.15, 0.2) is 66.2 Å². The first kappa shape index (κ1) is 27.8. The molecule has 1 heterocycles. The zero-order valence-corrected chi connectivity index (χ0v) is 22.1. The first-order valence-electron chi connectivity index (χ1n) is 12.2. The number of hydrogen-bond donors (Lipinski definition) is 1. The predicted octanol–water partition coefficient (Wildman–Crippen LogP) is 6.96. The van der Waals surface area contributed by atoms with Gasteiger partial charge in [-0.15, -0.1) is 13.2 Å². The van der Waals surface area contributed by atoms with Gasteiger partial charge in [0.15, 0.2) is 0 Å². The fourth-order valence-electron chi connectivity index (χ4n) is 4.79. The summed E-state index contributed by atoms with van der Waals surface area (Å²) in [5, 5.41) is 11.6. The molecule has 1 fully saturated rings. The lowest BCUT2D eigenvalue weighted by Crippen LogP contribution is -2.29. The molecule has 4 rings (SSSR count). The summed E-state index contributed by atoms with van der Waals surface area (Å²) >= 11 is 0. The van der Waals surface area contributed by atoms with E-state index in [-0.39, 0.29) is 22.9 Å². The SMILES string of the molecule is COc1cc(C)c(/C(O)=C2\C(=O)C(=O)N(c3ccc(OC(F)(F)F)cc3)C2c2cccc(C)c2)cc1C(C)C. The number of ether oxygens (including phenoxy) is 2. The van der Waals surface area contributed by atoms with Crippen LogP contribution in [0.25, 0.3) is 5.76 Å². The van der Waals surface area contributed by atoms with Crippen LogP contribution < -0.4 is 14.4 Å². The van der Waals surface area contributed by atoms with Crippen molar-refractivity contribution in [2.75, 3.05) is 12.0 Å². The Hall–Kier alpha value is -4.27. The van der Waals surface area contributed by atoms with E-state index in [4.69, 9.17) is 4.74 Å². The molecule has 1 unspecified atom stereocenters. The molecule has 3 aromatic carbocycles. The van der Waals surface area contributed by atoms with E-state index in [0.717, 1.165) is 23.3 Å². The fourth-order valence-corrected chi connectivity index (χ4v) is 4.79. The maximum atomic E-state index is 13.5. The number of aryl methyl sites for hydroxylation is 2. The molecule has 0 aliphatic carbocycles. The minimum Gasteiger partial charge on any atom is -0.507 e. The maximum absolute atomic E-state index is 13.5. The van der Waals surface area contributed by atoms with E-state index in [1.54, 1.807) is 44.4 Å². The summed E-state index contributed by atoms with van der Waals surface area (Å²) in [5.74, 6) is -1.96. The Morgan fingerprint density at radius 1 is 1.00 bits per heavy atom. The summed E-state index contributed by atoms with van der Waals surface area (Å²) in [6.07, 6.45) is -4.88. The third-order valence-corrected chi connectivity index (χ3v) is 6.60. The van der Waals surface area contributed by atoms with E-state index in [9.17, 15) is 27.9 Å². The standard InChI is InChI=1S/C30H28F3NO5/c1-16(2)22-15-23(18(4)14-24(22)38-5)27(35)25-26(19-8-6-7-17(3)13-19)34(29(37)28(25)36)20-9-11-21(12-10-20)39-30(31,32)33/h6-16,26,35H,1-5H3/b27-25+. The zero-order valence-electron chi connectivity index (χ0n) is 22.1. The van der Waals surface area contributed by atoms with Crippen molar-refractivity contribution >= 4 is 23.1 Å². The topological polar surface area (TPSA) is 76.1 Å². The van der Waals surface area contributed by atoms with Gasteiger partial charge >= 0.3 is 6.36 Å². The number of benzene rings is 3. The second-order valence-corrected chi connectivity index (χ2v) is 9.69. The quantitative estimate of drug-likeness (QED) is 0.208. The smallest absolute Gasteiger partial charge is 0.507 e. The molecule has 1 amide bonds. The molecule has 39 heavy (non-hydrogen) atoms. The Kier molecular flexibility index (Phi) is 7.46. The Morgan fingerprint density at radius 2 is 1.67 bits per heavy atom. The molecule has 1 atom stereocenters. The Bertz CT molecular complexity index is 1460. The summed E-state index contributed by atoms with van der Waals surface area (Å²) in [5.41, 5.74) is 3.29. The first-order valence-corrected chi connectivity index (χ1v) is 12.2. The van der Waals surface area contributed by atoms with Gasteiger partial charge in [0, 0.05) is 11.3 Å². The number of Topliss-reactive ketones (excluding diaryl/α,β-unsaturated/α-hetero) is 1. The predicted molar refractivity (Wildman–Crippen MR) is 141 cm³/mol. The number of rotatable bonds is 6. The minimum atomic E-state index is -4.88. The highest BCUT2D eigenvalue weighted by atomic mass is 19.4. The highest BCUT2D eigenvalue weighted by molar-refractivity contribution is 6.51.